The summed E-state index contributed by atoms with van der Waals surface area (Å²) in [5, 5.41) is 4.11. The second-order valence-electron chi connectivity index (χ2n) is 6.07. The van der Waals surface area contributed by atoms with Crippen LogP contribution in [0.25, 0.3) is 10.9 Å². The molecule has 0 bridgehead atoms. The van der Waals surface area contributed by atoms with Gasteiger partial charge in [0.15, 0.2) is 0 Å². The molecule has 0 atom stereocenters. The van der Waals surface area contributed by atoms with Crippen molar-refractivity contribution in [1.29, 1.82) is 0 Å². The first-order valence-electron chi connectivity index (χ1n) is 8.40. The molecule has 2 aromatic carbocycles. The Kier molecular flexibility index (Phi) is 5.29. The van der Waals surface area contributed by atoms with Crippen LogP contribution < -0.4 is 10.1 Å². The van der Waals surface area contributed by atoms with E-state index in [2.05, 4.69) is 28.5 Å². The van der Waals surface area contributed by atoms with Gasteiger partial charge in [0.25, 0.3) is 0 Å². The van der Waals surface area contributed by atoms with Crippen molar-refractivity contribution in [3.05, 3.63) is 71.4 Å². The van der Waals surface area contributed by atoms with Crippen molar-refractivity contribution < 1.29 is 9.53 Å². The molecule has 4 nitrogen and oxygen atoms in total. The molecule has 0 unspecified atom stereocenters. The first-order valence-corrected chi connectivity index (χ1v) is 8.40. The highest BCUT2D eigenvalue weighted by Crippen LogP contribution is 2.19. The topological polar surface area (TPSA) is 51.2 Å². The highest BCUT2D eigenvalue weighted by atomic mass is 16.5. The number of carbonyl (C=O) groups excluding carboxylic acids is 1. The number of carbonyl (C=O) groups is 1. The van der Waals surface area contributed by atoms with Crippen LogP contribution in [0.4, 0.5) is 0 Å². The maximum absolute atomic E-state index is 12.2. The van der Waals surface area contributed by atoms with Gasteiger partial charge in [-0.3, -0.25) is 9.78 Å². The van der Waals surface area contributed by atoms with Gasteiger partial charge < -0.3 is 10.1 Å². The van der Waals surface area contributed by atoms with E-state index < -0.39 is 0 Å². The van der Waals surface area contributed by atoms with E-state index in [0.717, 1.165) is 39.8 Å². The van der Waals surface area contributed by atoms with Crippen LogP contribution in [0.15, 0.2) is 54.7 Å². The highest BCUT2D eigenvalue weighted by molar-refractivity contribution is 5.82. The number of aromatic nitrogens is 1. The summed E-state index contributed by atoms with van der Waals surface area (Å²) in [5.41, 5.74) is 4.17. The summed E-state index contributed by atoms with van der Waals surface area (Å²) in [6.45, 7) is 2.58. The number of hydrogen-bond acceptors (Lipinski definition) is 3. The molecule has 1 N–H and O–H groups in total. The van der Waals surface area contributed by atoms with Crippen molar-refractivity contribution in [2.45, 2.75) is 19.8 Å². The molecule has 3 rings (SSSR count). The Balaban J connectivity index is 1.57. The van der Waals surface area contributed by atoms with Gasteiger partial charge in [0.1, 0.15) is 5.75 Å². The average molecular weight is 334 g/mol. The Morgan fingerprint density at radius 3 is 2.84 bits per heavy atom. The number of ether oxygens (including phenoxy) is 1. The summed E-state index contributed by atoms with van der Waals surface area (Å²) in [6, 6.07) is 16.0. The van der Waals surface area contributed by atoms with Gasteiger partial charge in [-0.2, -0.15) is 0 Å². The summed E-state index contributed by atoms with van der Waals surface area (Å²) in [7, 11) is 1.64. The number of amides is 1. The highest BCUT2D eigenvalue weighted by Gasteiger charge is 2.07. The molecule has 1 amide bonds. The number of methoxy groups -OCH3 is 1. The Labute approximate surface area is 147 Å². The number of fused-ring (bicyclic) bond motifs is 1. The largest absolute Gasteiger partial charge is 0.496 e. The summed E-state index contributed by atoms with van der Waals surface area (Å²) < 4.78 is 5.31. The van der Waals surface area contributed by atoms with Crippen LogP contribution in [0, 0.1) is 6.92 Å². The number of rotatable bonds is 6. The lowest BCUT2D eigenvalue weighted by molar-refractivity contribution is -0.120. The quantitative estimate of drug-likeness (QED) is 0.751. The molecule has 0 radical (unpaired) electrons. The van der Waals surface area contributed by atoms with E-state index in [0.29, 0.717) is 13.0 Å². The van der Waals surface area contributed by atoms with Crippen molar-refractivity contribution >= 4 is 16.8 Å². The zero-order chi connectivity index (χ0) is 17.6. The van der Waals surface area contributed by atoms with Crippen molar-refractivity contribution in [1.82, 2.24) is 10.3 Å². The van der Waals surface area contributed by atoms with Crippen LogP contribution in [0.2, 0.25) is 0 Å². The zero-order valence-electron chi connectivity index (χ0n) is 14.6. The van der Waals surface area contributed by atoms with Crippen molar-refractivity contribution in [2.75, 3.05) is 13.7 Å². The third-order valence-electron chi connectivity index (χ3n) is 4.27. The first-order chi connectivity index (χ1) is 12.2. The third kappa shape index (κ3) is 4.15. The fourth-order valence-electron chi connectivity index (χ4n) is 2.93. The van der Waals surface area contributed by atoms with E-state index in [1.165, 1.54) is 0 Å². The fourth-order valence-corrected chi connectivity index (χ4v) is 2.93. The van der Waals surface area contributed by atoms with E-state index in [4.69, 9.17) is 4.74 Å². The predicted octanol–water partition coefficient (Wildman–Crippen LogP) is 3.45. The first kappa shape index (κ1) is 17.0. The molecule has 1 aromatic heterocycles. The van der Waals surface area contributed by atoms with Crippen LogP contribution in [0.3, 0.4) is 0 Å². The minimum atomic E-state index is 0.0131. The molecule has 3 aromatic rings. The maximum atomic E-state index is 12.2. The lowest BCUT2D eigenvalue weighted by Gasteiger charge is -2.09. The van der Waals surface area contributed by atoms with E-state index in [-0.39, 0.29) is 5.91 Å². The lowest BCUT2D eigenvalue weighted by atomic mass is 10.1. The zero-order valence-corrected chi connectivity index (χ0v) is 14.6. The Morgan fingerprint density at radius 1 is 1.16 bits per heavy atom. The van der Waals surface area contributed by atoms with Crippen LogP contribution in [-0.4, -0.2) is 24.5 Å². The molecule has 0 spiro atoms. The summed E-state index contributed by atoms with van der Waals surface area (Å²) in [4.78, 5) is 16.6. The number of nitrogens with zero attached hydrogens (tertiary/aromatic N) is 1. The van der Waals surface area contributed by atoms with Gasteiger partial charge in [-0.1, -0.05) is 36.4 Å². The van der Waals surface area contributed by atoms with Crippen LogP contribution in [0.1, 0.15) is 16.7 Å². The Hall–Kier alpha value is -2.88. The minimum Gasteiger partial charge on any atom is -0.496 e. The smallest absolute Gasteiger partial charge is 0.224 e. The van der Waals surface area contributed by atoms with Crippen molar-refractivity contribution in [3.63, 3.8) is 0 Å². The normalized spacial score (nSPS) is 10.6. The average Bonchev–Trinajstić information content (AvgIpc) is 2.63. The maximum Gasteiger partial charge on any atom is 0.224 e. The fraction of sp³-hybridized carbons (Fsp3) is 0.238. The number of benzene rings is 2. The number of para-hydroxylation sites is 1. The molecule has 0 aliphatic heterocycles. The lowest BCUT2D eigenvalue weighted by Crippen LogP contribution is -2.27. The van der Waals surface area contributed by atoms with Gasteiger partial charge in [0.2, 0.25) is 5.91 Å². The van der Waals surface area contributed by atoms with Crippen LogP contribution in [-0.2, 0) is 17.6 Å². The molecule has 1 heterocycles. The molecule has 128 valence electrons. The van der Waals surface area contributed by atoms with Gasteiger partial charge in [-0.05, 0) is 42.2 Å². The Morgan fingerprint density at radius 2 is 2.00 bits per heavy atom. The van der Waals surface area contributed by atoms with Gasteiger partial charge in [0, 0.05) is 18.1 Å². The number of pyridine rings is 1. The molecule has 0 aliphatic carbocycles. The molecule has 25 heavy (non-hydrogen) atoms. The summed E-state index contributed by atoms with van der Waals surface area (Å²) in [6.07, 6.45) is 2.91. The number of aryl methyl sites for hydroxylation is 1. The van der Waals surface area contributed by atoms with E-state index in [1.807, 2.05) is 37.3 Å². The monoisotopic (exact) mass is 334 g/mol. The predicted molar refractivity (Wildman–Crippen MR) is 99.9 cm³/mol. The Bertz CT molecular complexity index is 885. The summed E-state index contributed by atoms with van der Waals surface area (Å²) in [5.74, 6) is 0.825. The molecule has 0 saturated heterocycles. The van der Waals surface area contributed by atoms with E-state index >= 15 is 0 Å². The van der Waals surface area contributed by atoms with E-state index in [9.17, 15) is 4.79 Å². The number of nitrogens with one attached hydrogen (secondary N) is 1. The molecular formula is C21H22N2O2. The minimum absolute atomic E-state index is 0.0131. The van der Waals surface area contributed by atoms with E-state index in [1.54, 1.807) is 13.3 Å². The molecule has 0 aliphatic rings. The van der Waals surface area contributed by atoms with Crippen LogP contribution >= 0.6 is 0 Å². The number of hydrogen-bond donors (Lipinski definition) is 1. The van der Waals surface area contributed by atoms with Crippen molar-refractivity contribution in [3.8, 4) is 5.75 Å². The standard InChI is InChI=1S/C21H22N2O2/c1-15-8-9-16(13-19(15)25-2)14-20(24)22-12-10-18-6-3-5-17-7-4-11-23-21(17)18/h3-9,11,13H,10,12,14H2,1-2H3,(H,22,24). The SMILES string of the molecule is COc1cc(CC(=O)NCCc2cccc3cccnc23)ccc1C. The van der Waals surface area contributed by atoms with Gasteiger partial charge >= 0.3 is 0 Å². The third-order valence-corrected chi connectivity index (χ3v) is 4.27. The van der Waals surface area contributed by atoms with Crippen molar-refractivity contribution in [2.24, 2.45) is 0 Å². The second-order valence-corrected chi connectivity index (χ2v) is 6.07. The van der Waals surface area contributed by atoms with Gasteiger partial charge in [-0.15, -0.1) is 0 Å². The molecule has 0 saturated carbocycles. The molecule has 4 heteroatoms. The van der Waals surface area contributed by atoms with Gasteiger partial charge in [0.05, 0.1) is 19.0 Å². The van der Waals surface area contributed by atoms with Crippen LogP contribution in [0.5, 0.6) is 5.75 Å². The van der Waals surface area contributed by atoms with Gasteiger partial charge in [-0.25, -0.2) is 0 Å². The second kappa shape index (κ2) is 7.79. The molecular weight excluding hydrogens is 312 g/mol. The molecule has 0 fully saturated rings. The summed E-state index contributed by atoms with van der Waals surface area (Å²) >= 11 is 0.